The highest BCUT2D eigenvalue weighted by atomic mass is 35.5. The lowest BCUT2D eigenvalue weighted by Gasteiger charge is -2.37. The van der Waals surface area contributed by atoms with Crippen molar-refractivity contribution in [2.75, 3.05) is 31.1 Å². The monoisotopic (exact) mass is 572 g/mol. The fourth-order valence-corrected chi connectivity index (χ4v) is 6.31. The lowest BCUT2D eigenvalue weighted by Crippen LogP contribution is -2.51. The molecule has 1 amide bonds. The number of piperidine rings is 1. The molecule has 7 rings (SSSR count). The predicted molar refractivity (Wildman–Crippen MR) is 156 cm³/mol. The Morgan fingerprint density at radius 1 is 1.10 bits per heavy atom. The summed E-state index contributed by atoms with van der Waals surface area (Å²) >= 11 is 6.49. The van der Waals surface area contributed by atoms with Gasteiger partial charge in [-0.3, -0.25) is 14.3 Å². The first-order valence-electron chi connectivity index (χ1n) is 13.7. The Balaban J connectivity index is 1.17. The van der Waals surface area contributed by atoms with Crippen LogP contribution in [0.5, 0.6) is 0 Å². The number of aromatic amines is 1. The highest BCUT2D eigenvalue weighted by Crippen LogP contribution is 2.39. The van der Waals surface area contributed by atoms with Gasteiger partial charge in [0.1, 0.15) is 24.3 Å². The van der Waals surface area contributed by atoms with Gasteiger partial charge in [0.15, 0.2) is 5.65 Å². The van der Waals surface area contributed by atoms with Crippen molar-refractivity contribution in [1.29, 1.82) is 0 Å². The number of anilines is 1. The second-order valence-corrected chi connectivity index (χ2v) is 11.2. The molecule has 0 radical (unpaired) electrons. The van der Waals surface area contributed by atoms with Gasteiger partial charge in [0.25, 0.3) is 0 Å². The predicted octanol–water partition coefficient (Wildman–Crippen LogP) is 3.14. The quantitative estimate of drug-likeness (QED) is 0.331. The number of fused-ring (bicyclic) bond motifs is 2. The van der Waals surface area contributed by atoms with Gasteiger partial charge in [-0.1, -0.05) is 23.7 Å². The van der Waals surface area contributed by atoms with Gasteiger partial charge >= 0.3 is 5.69 Å². The van der Waals surface area contributed by atoms with Crippen LogP contribution in [0.15, 0.2) is 53.8 Å². The number of imidazole rings is 1. The van der Waals surface area contributed by atoms with E-state index in [4.69, 9.17) is 11.6 Å². The Bertz CT molecular complexity index is 1850. The van der Waals surface area contributed by atoms with Crippen molar-refractivity contribution in [1.82, 2.24) is 34.0 Å². The van der Waals surface area contributed by atoms with Crippen LogP contribution in [0, 0.1) is 6.92 Å². The maximum Gasteiger partial charge on any atom is 0.327 e. The van der Waals surface area contributed by atoms with E-state index in [1.807, 2.05) is 57.8 Å². The number of carbonyl (C=O) groups excluding carboxylic acids is 1. The van der Waals surface area contributed by atoms with E-state index < -0.39 is 0 Å². The Labute approximate surface area is 240 Å². The first-order valence-corrected chi connectivity index (χ1v) is 14.1. The number of hydrogen-bond acceptors (Lipinski definition) is 7. The number of nitrogens with zero attached hydrogens (tertiary/aromatic N) is 7. The minimum atomic E-state index is -0.390. The normalized spacial score (nSPS) is 16.6. The van der Waals surface area contributed by atoms with E-state index >= 15 is 0 Å². The van der Waals surface area contributed by atoms with Crippen molar-refractivity contribution in [3.8, 4) is 11.1 Å². The first-order chi connectivity index (χ1) is 19.9. The molecule has 11 nitrogen and oxygen atoms in total. The molecule has 0 saturated carbocycles. The number of amides is 1. The molecule has 0 unspecified atom stereocenters. The smallest absolute Gasteiger partial charge is 0.327 e. The average molecular weight is 573 g/mol. The third-order valence-corrected chi connectivity index (χ3v) is 8.74. The minimum absolute atomic E-state index is 0.00325. The van der Waals surface area contributed by atoms with Crippen LogP contribution in [0.2, 0.25) is 5.02 Å². The van der Waals surface area contributed by atoms with E-state index in [9.17, 15) is 14.7 Å². The number of aliphatic hydroxyl groups excluding tert-OH is 1. The number of nitrogens with one attached hydrogen (secondary N) is 1. The summed E-state index contributed by atoms with van der Waals surface area (Å²) in [4.78, 5) is 46.4. The Morgan fingerprint density at radius 3 is 2.68 bits per heavy atom. The van der Waals surface area contributed by atoms with E-state index in [1.54, 1.807) is 10.8 Å². The number of pyridine rings is 1. The van der Waals surface area contributed by atoms with Crippen molar-refractivity contribution in [2.24, 2.45) is 0 Å². The minimum Gasteiger partial charge on any atom is -0.389 e. The van der Waals surface area contributed by atoms with Crippen molar-refractivity contribution < 1.29 is 9.90 Å². The Hall–Kier alpha value is -4.22. The third-order valence-electron chi connectivity index (χ3n) is 8.33. The largest absolute Gasteiger partial charge is 0.389 e. The summed E-state index contributed by atoms with van der Waals surface area (Å²) in [6, 6.07) is 9.50. The van der Waals surface area contributed by atoms with Crippen LogP contribution in [-0.2, 0) is 11.3 Å². The first kappa shape index (κ1) is 25.7. The highest BCUT2D eigenvalue weighted by molar-refractivity contribution is 6.31. The average Bonchev–Trinajstić information content (AvgIpc) is 3.49. The molecule has 0 aliphatic carbocycles. The topological polar surface area (TPSA) is 125 Å². The van der Waals surface area contributed by atoms with E-state index in [0.29, 0.717) is 55.3 Å². The zero-order chi connectivity index (χ0) is 28.2. The number of aromatic nitrogens is 6. The lowest BCUT2D eigenvalue weighted by molar-refractivity contribution is -0.133. The molecular formula is C29H29ClN8O3. The second-order valence-electron chi connectivity index (χ2n) is 10.8. The van der Waals surface area contributed by atoms with Gasteiger partial charge in [-0.05, 0) is 49.1 Å². The zero-order valence-electron chi connectivity index (χ0n) is 22.5. The van der Waals surface area contributed by atoms with Gasteiger partial charge in [-0.25, -0.2) is 19.7 Å². The van der Waals surface area contributed by atoms with Crippen LogP contribution >= 0.6 is 11.6 Å². The fraction of sp³-hybridized carbons (Fsp3) is 0.345. The summed E-state index contributed by atoms with van der Waals surface area (Å²) in [5.41, 5.74) is 4.64. The summed E-state index contributed by atoms with van der Waals surface area (Å²) in [5.74, 6) is 0.725. The van der Waals surface area contributed by atoms with Gasteiger partial charge in [0.05, 0.1) is 17.0 Å². The molecule has 0 spiro atoms. The summed E-state index contributed by atoms with van der Waals surface area (Å²) in [5, 5.41) is 11.4. The molecule has 41 heavy (non-hydrogen) atoms. The zero-order valence-corrected chi connectivity index (χ0v) is 23.3. The molecule has 2 N–H and O–H groups in total. The van der Waals surface area contributed by atoms with Crippen LogP contribution in [0.25, 0.3) is 33.3 Å². The Kier molecular flexibility index (Phi) is 6.28. The second kappa shape index (κ2) is 10.0. The number of hydrogen-bond donors (Lipinski definition) is 2. The maximum atomic E-state index is 13.6. The van der Waals surface area contributed by atoms with Crippen molar-refractivity contribution >= 4 is 45.5 Å². The van der Waals surface area contributed by atoms with Crippen molar-refractivity contribution in [3.05, 3.63) is 70.1 Å². The summed E-state index contributed by atoms with van der Waals surface area (Å²) in [6.07, 6.45) is 6.10. The van der Waals surface area contributed by atoms with Gasteiger partial charge in [0.2, 0.25) is 5.91 Å². The van der Waals surface area contributed by atoms with Gasteiger partial charge in [-0.2, -0.15) is 0 Å². The Morgan fingerprint density at radius 2 is 1.90 bits per heavy atom. The van der Waals surface area contributed by atoms with E-state index in [0.717, 1.165) is 33.4 Å². The number of carbonyl (C=O) groups is 1. The van der Waals surface area contributed by atoms with Gasteiger partial charge < -0.3 is 19.5 Å². The van der Waals surface area contributed by atoms with Crippen LogP contribution < -0.4 is 10.6 Å². The molecule has 2 fully saturated rings. The van der Waals surface area contributed by atoms with Gasteiger partial charge in [-0.15, -0.1) is 0 Å². The fourth-order valence-electron chi connectivity index (χ4n) is 6.14. The molecule has 6 heterocycles. The third kappa shape index (κ3) is 4.36. The number of likely N-dealkylation sites (tertiary alicyclic amines) is 1. The lowest BCUT2D eigenvalue weighted by atomic mass is 10.00. The van der Waals surface area contributed by atoms with Crippen molar-refractivity contribution in [2.45, 2.75) is 38.5 Å². The molecule has 0 bridgehead atoms. The molecular weight excluding hydrogens is 544 g/mol. The number of H-pyrrole nitrogens is 1. The number of aliphatic hydroxyl groups is 1. The number of benzene rings is 1. The van der Waals surface area contributed by atoms with Crippen LogP contribution in [-0.4, -0.2) is 77.3 Å². The number of rotatable bonds is 5. The van der Waals surface area contributed by atoms with E-state index in [-0.39, 0.29) is 30.3 Å². The molecule has 210 valence electrons. The summed E-state index contributed by atoms with van der Waals surface area (Å²) in [7, 11) is 0. The maximum absolute atomic E-state index is 13.6. The molecule has 5 aromatic rings. The van der Waals surface area contributed by atoms with E-state index in [1.165, 1.54) is 6.33 Å². The molecule has 0 atom stereocenters. The summed E-state index contributed by atoms with van der Waals surface area (Å²) in [6.45, 7) is 4.19. The van der Waals surface area contributed by atoms with Gasteiger partial charge in [0, 0.05) is 55.2 Å². The molecule has 4 aromatic heterocycles. The highest BCUT2D eigenvalue weighted by Gasteiger charge is 2.31. The van der Waals surface area contributed by atoms with Crippen LogP contribution in [0.4, 0.5) is 5.82 Å². The molecule has 2 aliphatic rings. The van der Waals surface area contributed by atoms with Crippen molar-refractivity contribution in [3.63, 3.8) is 0 Å². The standard InChI is InChI=1S/C29H29ClN8O3/c1-17-20(4-2-5-22(17)30)21-14-37(28-25(21)27(32-16-33-28)36-12-19(39)13-36)15-24(40)35-10-7-18(8-11-35)38-23-6-3-9-31-26(23)34-29(38)41/h2-6,9,14,16,18-19,39H,7-8,10-13,15H2,1H3,(H,31,34,41). The van der Waals surface area contributed by atoms with E-state index in [2.05, 4.69) is 19.9 Å². The number of halogens is 1. The van der Waals surface area contributed by atoms with Crippen LogP contribution in [0.1, 0.15) is 24.4 Å². The molecule has 1 aromatic carbocycles. The SMILES string of the molecule is Cc1c(Cl)cccc1-c1cn(CC(=O)N2CCC(n3c(=O)[nH]c4ncccc43)CC2)c2ncnc(N3CC(O)C3)c12. The molecule has 2 aliphatic heterocycles. The van der Waals surface area contributed by atoms with Crippen LogP contribution in [0.3, 0.4) is 0 Å². The summed E-state index contributed by atoms with van der Waals surface area (Å²) < 4.78 is 3.66. The number of β-amino-alcohol motifs (C(OH)–C–C–N with tert-alkyl or cyclic N) is 1. The molecule has 2 saturated heterocycles. The molecule has 12 heteroatoms.